The van der Waals surface area contributed by atoms with E-state index in [-0.39, 0.29) is 12.0 Å². The van der Waals surface area contributed by atoms with Crippen molar-refractivity contribution in [1.29, 1.82) is 0 Å². The average molecular weight is 288 g/mol. The second-order valence-corrected chi connectivity index (χ2v) is 5.61. The predicted molar refractivity (Wildman–Crippen MR) is 85.3 cm³/mol. The summed E-state index contributed by atoms with van der Waals surface area (Å²) in [6.45, 7) is 5.94. The Morgan fingerprint density at radius 1 is 1.38 bits per heavy atom. The Morgan fingerprint density at radius 2 is 2.14 bits per heavy atom. The van der Waals surface area contributed by atoms with Crippen LogP contribution in [-0.2, 0) is 4.79 Å². The molecule has 0 unspecified atom stereocenters. The summed E-state index contributed by atoms with van der Waals surface area (Å²) in [4.78, 5) is 11.9. The van der Waals surface area contributed by atoms with Gasteiger partial charge in [-0.3, -0.25) is 4.79 Å². The summed E-state index contributed by atoms with van der Waals surface area (Å²) >= 11 is 0. The summed E-state index contributed by atoms with van der Waals surface area (Å²) in [7, 11) is 0. The van der Waals surface area contributed by atoms with Crippen LogP contribution in [0.3, 0.4) is 0 Å². The van der Waals surface area contributed by atoms with E-state index in [2.05, 4.69) is 10.6 Å². The minimum atomic E-state index is -0.0305. The van der Waals surface area contributed by atoms with Crippen molar-refractivity contribution in [2.24, 2.45) is 0 Å². The largest absolute Gasteiger partial charge is 0.491 e. The zero-order valence-corrected chi connectivity index (χ0v) is 12.8. The Morgan fingerprint density at radius 3 is 2.86 bits per heavy atom. The van der Waals surface area contributed by atoms with E-state index >= 15 is 0 Å². The highest BCUT2D eigenvalue weighted by Crippen LogP contribution is 2.15. The minimum Gasteiger partial charge on any atom is -0.491 e. The van der Waals surface area contributed by atoms with Crippen LogP contribution in [-0.4, -0.2) is 31.1 Å². The van der Waals surface area contributed by atoms with Gasteiger partial charge in [0.15, 0.2) is 0 Å². The van der Waals surface area contributed by atoms with Crippen molar-refractivity contribution in [1.82, 2.24) is 10.6 Å². The number of hydrogen-bond donors (Lipinski definition) is 2. The summed E-state index contributed by atoms with van der Waals surface area (Å²) in [5.74, 6) is 0.794. The van der Waals surface area contributed by atoms with E-state index in [1.165, 1.54) is 0 Å². The lowest BCUT2D eigenvalue weighted by Gasteiger charge is -2.22. The third-order valence-electron chi connectivity index (χ3n) is 3.34. The second-order valence-electron chi connectivity index (χ2n) is 5.61. The SMILES string of the molecule is CC(C)Oc1cccc(/C=C/C(=O)NC2CCNCC2)c1. The van der Waals surface area contributed by atoms with E-state index in [9.17, 15) is 4.79 Å². The van der Waals surface area contributed by atoms with Crippen molar-refractivity contribution in [3.63, 3.8) is 0 Å². The highest BCUT2D eigenvalue weighted by molar-refractivity contribution is 5.91. The zero-order chi connectivity index (χ0) is 15.1. The Hall–Kier alpha value is -1.81. The van der Waals surface area contributed by atoms with Gasteiger partial charge >= 0.3 is 0 Å². The summed E-state index contributed by atoms with van der Waals surface area (Å²) in [6, 6.07) is 8.05. The fourth-order valence-corrected chi connectivity index (χ4v) is 2.35. The number of rotatable bonds is 5. The summed E-state index contributed by atoms with van der Waals surface area (Å²) < 4.78 is 5.64. The number of nitrogens with one attached hydrogen (secondary N) is 2. The van der Waals surface area contributed by atoms with E-state index in [0.29, 0.717) is 6.04 Å². The Labute approximate surface area is 126 Å². The Balaban J connectivity index is 1.88. The van der Waals surface area contributed by atoms with Gasteiger partial charge in [0.25, 0.3) is 0 Å². The maximum absolute atomic E-state index is 11.9. The molecule has 1 fully saturated rings. The fourth-order valence-electron chi connectivity index (χ4n) is 2.35. The van der Waals surface area contributed by atoms with Crippen LogP contribution in [0.4, 0.5) is 0 Å². The third-order valence-corrected chi connectivity index (χ3v) is 3.34. The molecule has 0 saturated carbocycles. The molecule has 1 amide bonds. The van der Waals surface area contributed by atoms with Gasteiger partial charge < -0.3 is 15.4 Å². The van der Waals surface area contributed by atoms with Crippen molar-refractivity contribution >= 4 is 12.0 Å². The summed E-state index contributed by atoms with van der Waals surface area (Å²) in [6.07, 6.45) is 5.56. The van der Waals surface area contributed by atoms with Crippen molar-refractivity contribution in [2.75, 3.05) is 13.1 Å². The molecule has 1 aliphatic heterocycles. The van der Waals surface area contributed by atoms with Gasteiger partial charge in [-0.25, -0.2) is 0 Å². The first kappa shape index (κ1) is 15.6. The van der Waals surface area contributed by atoms with Crippen LogP contribution in [0.25, 0.3) is 6.08 Å². The molecule has 1 aromatic carbocycles. The molecule has 1 aliphatic rings. The molecule has 4 nitrogen and oxygen atoms in total. The van der Waals surface area contributed by atoms with E-state index in [4.69, 9.17) is 4.74 Å². The van der Waals surface area contributed by atoms with E-state index in [1.807, 2.05) is 44.2 Å². The molecule has 1 aromatic rings. The number of ether oxygens (including phenoxy) is 1. The van der Waals surface area contributed by atoms with Gasteiger partial charge in [-0.05, 0) is 63.6 Å². The molecule has 1 heterocycles. The van der Waals surface area contributed by atoms with E-state index < -0.39 is 0 Å². The Kier molecular flexibility index (Phi) is 5.81. The van der Waals surface area contributed by atoms with Crippen LogP contribution in [0.1, 0.15) is 32.3 Å². The number of hydrogen-bond acceptors (Lipinski definition) is 3. The average Bonchev–Trinajstić information content (AvgIpc) is 2.46. The predicted octanol–water partition coefficient (Wildman–Crippen LogP) is 2.36. The molecule has 21 heavy (non-hydrogen) atoms. The lowest BCUT2D eigenvalue weighted by molar-refractivity contribution is -0.117. The number of carbonyl (C=O) groups excluding carboxylic acids is 1. The number of benzene rings is 1. The monoisotopic (exact) mass is 288 g/mol. The second kappa shape index (κ2) is 7.84. The maximum atomic E-state index is 11.9. The van der Waals surface area contributed by atoms with Crippen molar-refractivity contribution in [3.8, 4) is 5.75 Å². The zero-order valence-electron chi connectivity index (χ0n) is 12.8. The van der Waals surface area contributed by atoms with Gasteiger partial charge in [-0.1, -0.05) is 12.1 Å². The van der Waals surface area contributed by atoms with Crippen molar-refractivity contribution in [2.45, 2.75) is 38.8 Å². The molecule has 0 aromatic heterocycles. The Bertz CT molecular complexity index is 491. The lowest BCUT2D eigenvalue weighted by Crippen LogP contribution is -2.42. The first-order valence-corrected chi connectivity index (χ1v) is 7.59. The van der Waals surface area contributed by atoms with Crippen LogP contribution in [0.2, 0.25) is 0 Å². The number of piperidine rings is 1. The highest BCUT2D eigenvalue weighted by atomic mass is 16.5. The topological polar surface area (TPSA) is 50.4 Å². The highest BCUT2D eigenvalue weighted by Gasteiger charge is 2.13. The first-order chi connectivity index (χ1) is 10.1. The molecular formula is C17H24N2O2. The van der Waals surface area contributed by atoms with Gasteiger partial charge in [0.05, 0.1) is 6.10 Å². The van der Waals surface area contributed by atoms with Crippen LogP contribution >= 0.6 is 0 Å². The van der Waals surface area contributed by atoms with E-state index in [1.54, 1.807) is 6.08 Å². The smallest absolute Gasteiger partial charge is 0.244 e. The fraction of sp³-hybridized carbons (Fsp3) is 0.471. The lowest BCUT2D eigenvalue weighted by atomic mass is 10.1. The molecular weight excluding hydrogens is 264 g/mol. The molecule has 0 atom stereocenters. The molecule has 0 radical (unpaired) electrons. The number of carbonyl (C=O) groups is 1. The van der Waals surface area contributed by atoms with Crippen LogP contribution in [0.15, 0.2) is 30.3 Å². The molecule has 0 spiro atoms. The molecule has 1 saturated heterocycles. The molecule has 0 bridgehead atoms. The van der Waals surface area contributed by atoms with Gasteiger partial charge in [0, 0.05) is 12.1 Å². The van der Waals surface area contributed by atoms with Crippen LogP contribution in [0.5, 0.6) is 5.75 Å². The van der Waals surface area contributed by atoms with Crippen LogP contribution < -0.4 is 15.4 Å². The van der Waals surface area contributed by atoms with Crippen molar-refractivity contribution < 1.29 is 9.53 Å². The molecule has 0 aliphatic carbocycles. The summed E-state index contributed by atoms with van der Waals surface area (Å²) in [5.41, 5.74) is 0.966. The van der Waals surface area contributed by atoms with Crippen molar-refractivity contribution in [3.05, 3.63) is 35.9 Å². The standard InChI is InChI=1S/C17H24N2O2/c1-13(2)21-16-5-3-4-14(12-16)6-7-17(20)19-15-8-10-18-11-9-15/h3-7,12-13,15,18H,8-11H2,1-2H3,(H,19,20)/b7-6+. The minimum absolute atomic E-state index is 0.0305. The van der Waals surface area contributed by atoms with Gasteiger partial charge in [-0.15, -0.1) is 0 Å². The first-order valence-electron chi connectivity index (χ1n) is 7.59. The maximum Gasteiger partial charge on any atom is 0.244 e. The summed E-state index contributed by atoms with van der Waals surface area (Å²) in [5, 5.41) is 6.32. The third kappa shape index (κ3) is 5.60. The van der Waals surface area contributed by atoms with E-state index in [0.717, 1.165) is 37.2 Å². The quantitative estimate of drug-likeness (QED) is 0.818. The molecule has 4 heteroatoms. The molecule has 2 N–H and O–H groups in total. The molecule has 2 rings (SSSR count). The number of amides is 1. The van der Waals surface area contributed by atoms with Gasteiger partial charge in [-0.2, -0.15) is 0 Å². The van der Waals surface area contributed by atoms with Gasteiger partial charge in [0.2, 0.25) is 5.91 Å². The van der Waals surface area contributed by atoms with Gasteiger partial charge in [0.1, 0.15) is 5.75 Å². The van der Waals surface area contributed by atoms with Crippen LogP contribution in [0, 0.1) is 0 Å². The molecule has 114 valence electrons. The normalized spacial score (nSPS) is 16.3.